The van der Waals surface area contributed by atoms with Crippen LogP contribution < -0.4 is 0 Å². The molecular formula is C14H27N3. The molecule has 0 unspecified atom stereocenters. The molecule has 0 bridgehead atoms. The van der Waals surface area contributed by atoms with Crippen molar-refractivity contribution in [1.29, 1.82) is 5.41 Å². The minimum Gasteiger partial charge on any atom is -0.327 e. The van der Waals surface area contributed by atoms with Crippen LogP contribution in [0.4, 0.5) is 0 Å². The molecule has 17 heavy (non-hydrogen) atoms. The first-order valence-corrected chi connectivity index (χ1v) is 6.01. The summed E-state index contributed by atoms with van der Waals surface area (Å²) in [5.41, 5.74) is 2.25. The van der Waals surface area contributed by atoms with E-state index in [1.54, 1.807) is 6.92 Å². The summed E-state index contributed by atoms with van der Waals surface area (Å²) in [4.78, 5) is 6.06. The van der Waals surface area contributed by atoms with Crippen LogP contribution in [-0.2, 0) is 0 Å². The lowest BCUT2D eigenvalue weighted by Crippen LogP contribution is -2.34. The van der Waals surface area contributed by atoms with E-state index in [-0.39, 0.29) is 6.04 Å². The fourth-order valence-corrected chi connectivity index (χ4v) is 1.37. The summed E-state index contributed by atoms with van der Waals surface area (Å²) in [6, 6.07) is 0.194. The molecule has 0 saturated carbocycles. The highest BCUT2D eigenvalue weighted by Crippen LogP contribution is 2.16. The summed E-state index contributed by atoms with van der Waals surface area (Å²) >= 11 is 0. The van der Waals surface area contributed by atoms with Crippen molar-refractivity contribution < 1.29 is 0 Å². The fourth-order valence-electron chi connectivity index (χ4n) is 1.37. The molecule has 0 aromatic carbocycles. The van der Waals surface area contributed by atoms with Crippen molar-refractivity contribution in [2.75, 3.05) is 0 Å². The van der Waals surface area contributed by atoms with E-state index in [1.165, 1.54) is 0 Å². The molecule has 0 radical (unpaired) electrons. The fraction of sp³-hybridized carbons (Fsp3) is 0.571. The first kappa shape index (κ1) is 18.0. The third kappa shape index (κ3) is 6.72. The van der Waals surface area contributed by atoms with Crippen molar-refractivity contribution in [1.82, 2.24) is 4.90 Å². The lowest BCUT2D eigenvalue weighted by molar-refractivity contribution is 0.427. The van der Waals surface area contributed by atoms with Gasteiger partial charge in [-0.3, -0.25) is 10.4 Å². The summed E-state index contributed by atoms with van der Waals surface area (Å²) < 4.78 is 0. The molecule has 0 rings (SSSR count). The second-order valence-corrected chi connectivity index (χ2v) is 4.00. The third-order valence-electron chi connectivity index (χ3n) is 1.86. The molecule has 3 nitrogen and oxygen atoms in total. The van der Waals surface area contributed by atoms with E-state index >= 15 is 0 Å². The molecule has 1 N–H and O–H groups in total. The highest BCUT2D eigenvalue weighted by molar-refractivity contribution is 5.82. The van der Waals surface area contributed by atoms with Crippen LogP contribution in [0.25, 0.3) is 0 Å². The van der Waals surface area contributed by atoms with Crippen LogP contribution in [0.3, 0.4) is 0 Å². The van der Waals surface area contributed by atoms with Crippen molar-refractivity contribution in [2.24, 2.45) is 4.99 Å². The molecule has 0 aromatic heterocycles. The summed E-state index contributed by atoms with van der Waals surface area (Å²) in [6.45, 7) is 21.4. The molecule has 0 aliphatic carbocycles. The van der Waals surface area contributed by atoms with Gasteiger partial charge in [-0.2, -0.15) is 0 Å². The Hall–Kier alpha value is -1.38. The first-order chi connectivity index (χ1) is 7.77. The Bertz CT molecular complexity index is 307. The van der Waals surface area contributed by atoms with E-state index in [2.05, 4.69) is 18.2 Å². The lowest BCUT2D eigenvalue weighted by Gasteiger charge is -2.29. The first-order valence-electron chi connectivity index (χ1n) is 6.01. The quantitative estimate of drug-likeness (QED) is 0.443. The number of nitrogens with one attached hydrogen (secondary N) is 1. The number of nitrogens with zero attached hydrogens (tertiary/aromatic N) is 2. The largest absolute Gasteiger partial charge is 0.327 e. The van der Waals surface area contributed by atoms with Crippen molar-refractivity contribution in [2.45, 2.75) is 54.5 Å². The van der Waals surface area contributed by atoms with Crippen LogP contribution in [0.15, 0.2) is 29.5 Å². The summed E-state index contributed by atoms with van der Waals surface area (Å²) in [5.74, 6) is 0.458. The maximum atomic E-state index is 7.66. The van der Waals surface area contributed by atoms with Gasteiger partial charge in [0.05, 0.1) is 17.2 Å². The van der Waals surface area contributed by atoms with E-state index in [9.17, 15) is 0 Å². The predicted octanol–water partition coefficient (Wildman–Crippen LogP) is 4.23. The van der Waals surface area contributed by atoms with Gasteiger partial charge in [0.1, 0.15) is 0 Å². The maximum Gasteiger partial charge on any atom is 0.0973 e. The average molecular weight is 237 g/mol. The van der Waals surface area contributed by atoms with Crippen molar-refractivity contribution in [3.63, 3.8) is 0 Å². The van der Waals surface area contributed by atoms with E-state index < -0.39 is 0 Å². The molecule has 98 valence electrons. The Morgan fingerprint density at radius 1 is 1.12 bits per heavy atom. The predicted molar refractivity (Wildman–Crippen MR) is 78.8 cm³/mol. The molecule has 0 amide bonds. The normalized spacial score (nSPS) is 8.94. The summed E-state index contributed by atoms with van der Waals surface area (Å²) in [5, 5.41) is 7.66. The van der Waals surface area contributed by atoms with Gasteiger partial charge < -0.3 is 4.90 Å². The number of amidine groups is 1. The molecule has 0 saturated heterocycles. The third-order valence-corrected chi connectivity index (χ3v) is 1.86. The van der Waals surface area contributed by atoms with Gasteiger partial charge in [-0.05, 0) is 34.6 Å². The SMILES string of the molecule is C=C(N=C(C)C)C(=C)N(C(C)=N)C(C)C.CC. The molecule has 0 atom stereocenters. The van der Waals surface area contributed by atoms with Gasteiger partial charge in [0.25, 0.3) is 0 Å². The van der Waals surface area contributed by atoms with Gasteiger partial charge in [-0.1, -0.05) is 27.0 Å². The zero-order valence-corrected chi connectivity index (χ0v) is 12.4. The molecule has 3 heteroatoms. The van der Waals surface area contributed by atoms with Gasteiger partial charge in [-0.15, -0.1) is 0 Å². The Kier molecular flexibility index (Phi) is 9.25. The molecular weight excluding hydrogens is 210 g/mol. The van der Waals surface area contributed by atoms with Gasteiger partial charge in [0, 0.05) is 11.8 Å². The number of aliphatic imine (C=N–C) groups is 1. The molecule has 0 spiro atoms. The minimum absolute atomic E-state index is 0.194. The van der Waals surface area contributed by atoms with Crippen LogP contribution in [0, 0.1) is 5.41 Å². The molecule has 0 aliphatic heterocycles. The molecule has 0 heterocycles. The second kappa shape index (κ2) is 8.74. The zero-order valence-electron chi connectivity index (χ0n) is 12.4. The van der Waals surface area contributed by atoms with Crippen molar-refractivity contribution >= 4 is 11.5 Å². The number of hydrogen-bond donors (Lipinski definition) is 1. The topological polar surface area (TPSA) is 39.5 Å². The van der Waals surface area contributed by atoms with Crippen LogP contribution in [0.1, 0.15) is 48.5 Å². The van der Waals surface area contributed by atoms with E-state index in [4.69, 9.17) is 5.41 Å². The van der Waals surface area contributed by atoms with Crippen LogP contribution in [-0.4, -0.2) is 22.5 Å². The van der Waals surface area contributed by atoms with Crippen molar-refractivity contribution in [3.8, 4) is 0 Å². The van der Waals surface area contributed by atoms with Crippen LogP contribution in [0.5, 0.6) is 0 Å². The number of rotatable bonds is 4. The monoisotopic (exact) mass is 237 g/mol. The van der Waals surface area contributed by atoms with E-state index in [1.807, 2.05) is 46.4 Å². The Balaban J connectivity index is 0. The average Bonchev–Trinajstić information content (AvgIpc) is 2.18. The standard InChI is InChI=1S/C12H21N3.C2H6/c1-8(2)14-10(5)11(6)15(9(3)4)12(7)13;1-2/h9,13H,5-6H2,1-4,7H3;1-2H3. The zero-order chi connectivity index (χ0) is 14.2. The summed E-state index contributed by atoms with van der Waals surface area (Å²) in [6.07, 6.45) is 0. The smallest absolute Gasteiger partial charge is 0.0973 e. The van der Waals surface area contributed by atoms with E-state index in [0.29, 0.717) is 17.2 Å². The summed E-state index contributed by atoms with van der Waals surface area (Å²) in [7, 11) is 0. The highest BCUT2D eigenvalue weighted by Gasteiger charge is 2.15. The van der Waals surface area contributed by atoms with Gasteiger partial charge in [-0.25, -0.2) is 0 Å². The second-order valence-electron chi connectivity index (χ2n) is 4.00. The van der Waals surface area contributed by atoms with Crippen LogP contribution >= 0.6 is 0 Å². The minimum atomic E-state index is 0.194. The van der Waals surface area contributed by atoms with Crippen molar-refractivity contribution in [3.05, 3.63) is 24.6 Å². The Morgan fingerprint density at radius 2 is 1.53 bits per heavy atom. The van der Waals surface area contributed by atoms with Crippen LogP contribution in [0.2, 0.25) is 0 Å². The van der Waals surface area contributed by atoms with Gasteiger partial charge in [0.15, 0.2) is 0 Å². The molecule has 0 fully saturated rings. The van der Waals surface area contributed by atoms with Gasteiger partial charge in [0.2, 0.25) is 0 Å². The molecule has 0 aliphatic rings. The molecule has 0 aromatic rings. The lowest BCUT2D eigenvalue weighted by atomic mass is 10.2. The Morgan fingerprint density at radius 3 is 1.76 bits per heavy atom. The highest BCUT2D eigenvalue weighted by atomic mass is 15.2. The Labute approximate surface area is 106 Å². The number of hydrogen-bond acceptors (Lipinski definition) is 2. The van der Waals surface area contributed by atoms with Gasteiger partial charge >= 0.3 is 0 Å². The maximum absolute atomic E-state index is 7.66. The van der Waals surface area contributed by atoms with E-state index in [0.717, 1.165) is 5.71 Å².